The van der Waals surface area contributed by atoms with Gasteiger partial charge in [-0.05, 0) is 12.8 Å². The highest BCUT2D eigenvalue weighted by Crippen LogP contribution is 2.46. The Hall–Kier alpha value is -2.23. The second-order valence-electron chi connectivity index (χ2n) is 8.76. The van der Waals surface area contributed by atoms with Crippen molar-refractivity contribution in [3.05, 3.63) is 23.8 Å². The van der Waals surface area contributed by atoms with Gasteiger partial charge in [-0.2, -0.15) is 0 Å². The van der Waals surface area contributed by atoms with Crippen LogP contribution >= 0.6 is 7.37 Å². The molecule has 0 saturated carbocycles. The number of carbonyl (C=O) groups excluding carboxylic acids is 2. The summed E-state index contributed by atoms with van der Waals surface area (Å²) in [4.78, 5) is 25.9. The number of methoxy groups -OCH3 is 1. The first-order chi connectivity index (χ1) is 15.4. The topological polar surface area (TPSA) is 97.4 Å². The van der Waals surface area contributed by atoms with E-state index >= 15 is 8.78 Å². The zero-order valence-electron chi connectivity index (χ0n) is 19.2. The van der Waals surface area contributed by atoms with Gasteiger partial charge in [-0.15, -0.1) is 0 Å². The van der Waals surface area contributed by atoms with E-state index in [1.54, 1.807) is 4.90 Å². The minimum Gasteiger partial charge on any atom is -0.442 e. The van der Waals surface area contributed by atoms with Crippen LogP contribution in [0.25, 0.3) is 0 Å². The van der Waals surface area contributed by atoms with Crippen molar-refractivity contribution in [2.24, 2.45) is 0 Å². The van der Waals surface area contributed by atoms with Crippen LogP contribution in [0.4, 0.5) is 25.0 Å². The van der Waals surface area contributed by atoms with E-state index in [1.807, 2.05) is 0 Å². The van der Waals surface area contributed by atoms with Gasteiger partial charge in [-0.3, -0.25) is 14.3 Å². The Bertz CT molecular complexity index is 925. The Labute approximate surface area is 191 Å². The normalized spacial score (nSPS) is 20.7. The molecular formula is C21H30F2N3O6P. The second-order valence-corrected chi connectivity index (χ2v) is 11.4. The fraction of sp³-hybridized carbons (Fsp3) is 0.619. The minimum absolute atomic E-state index is 0.0380. The smallest absolute Gasteiger partial charge is 0.414 e. The summed E-state index contributed by atoms with van der Waals surface area (Å²) in [6, 6.07) is 2.19. The fourth-order valence-electron chi connectivity index (χ4n) is 4.24. The standard InChI is InChI=1S/C21H30F2N3O6P/c1-14(27)24-11-16-12-26(20(28)31-16)15-9-17(22)19(18(23)10-15)25-7-5-21(6-8-25,13-30-2)32-33(3,4)29/h9-10,16H,5-8,11-13H2,1-4H3,(H,24,27)/t16-/m0/s1. The molecule has 0 unspecified atom stereocenters. The van der Waals surface area contributed by atoms with Crippen molar-refractivity contribution in [1.29, 1.82) is 0 Å². The quantitative estimate of drug-likeness (QED) is 0.561. The number of ether oxygens (including phenoxy) is 2. The lowest BCUT2D eigenvalue weighted by atomic mass is 9.92. The van der Waals surface area contributed by atoms with E-state index in [2.05, 4.69) is 5.32 Å². The number of nitrogens with zero attached hydrogens (tertiary/aromatic N) is 2. The molecule has 2 heterocycles. The maximum Gasteiger partial charge on any atom is 0.414 e. The monoisotopic (exact) mass is 489 g/mol. The van der Waals surface area contributed by atoms with Gasteiger partial charge in [0.05, 0.1) is 25.4 Å². The van der Waals surface area contributed by atoms with Crippen molar-refractivity contribution in [2.75, 3.05) is 63.0 Å². The van der Waals surface area contributed by atoms with Gasteiger partial charge in [0.25, 0.3) is 0 Å². The number of nitrogens with one attached hydrogen (secondary N) is 1. The lowest BCUT2D eigenvalue weighted by molar-refractivity contribution is -0.119. The Morgan fingerprint density at radius 3 is 2.39 bits per heavy atom. The predicted octanol–water partition coefficient (Wildman–Crippen LogP) is 2.97. The predicted molar refractivity (Wildman–Crippen MR) is 119 cm³/mol. The summed E-state index contributed by atoms with van der Waals surface area (Å²) in [5.41, 5.74) is -0.932. The number of hydrogen-bond acceptors (Lipinski definition) is 7. The van der Waals surface area contributed by atoms with Crippen LogP contribution in [0, 0.1) is 11.6 Å². The van der Waals surface area contributed by atoms with Crippen molar-refractivity contribution >= 4 is 30.7 Å². The van der Waals surface area contributed by atoms with Gasteiger partial charge in [0.15, 0.2) is 19.0 Å². The maximum absolute atomic E-state index is 15.0. The van der Waals surface area contributed by atoms with Gasteiger partial charge < -0.3 is 24.2 Å². The maximum atomic E-state index is 15.0. The zero-order valence-corrected chi connectivity index (χ0v) is 20.1. The number of carbonyl (C=O) groups is 2. The third-order valence-corrected chi connectivity index (χ3v) is 6.40. The number of hydrogen-bond donors (Lipinski definition) is 1. The number of anilines is 2. The van der Waals surface area contributed by atoms with Crippen molar-refractivity contribution < 1.29 is 36.9 Å². The molecule has 184 valence electrons. The van der Waals surface area contributed by atoms with Gasteiger partial charge in [0, 0.05) is 52.6 Å². The van der Waals surface area contributed by atoms with Gasteiger partial charge in [-0.1, -0.05) is 0 Å². The molecule has 9 nitrogen and oxygen atoms in total. The molecule has 2 saturated heterocycles. The molecule has 1 aromatic rings. The molecule has 0 aliphatic carbocycles. The third-order valence-electron chi connectivity index (χ3n) is 5.58. The lowest BCUT2D eigenvalue weighted by Gasteiger charge is -2.42. The third kappa shape index (κ3) is 6.22. The first-order valence-electron chi connectivity index (χ1n) is 10.6. The van der Waals surface area contributed by atoms with E-state index in [9.17, 15) is 14.2 Å². The van der Waals surface area contributed by atoms with Crippen LogP contribution in [0.1, 0.15) is 19.8 Å². The average molecular weight is 489 g/mol. The molecular weight excluding hydrogens is 459 g/mol. The molecule has 0 bridgehead atoms. The molecule has 1 atom stereocenters. The van der Waals surface area contributed by atoms with E-state index in [0.29, 0.717) is 12.8 Å². The van der Waals surface area contributed by atoms with Crippen LogP contribution in [0.3, 0.4) is 0 Å². The van der Waals surface area contributed by atoms with Crippen molar-refractivity contribution in [3.8, 4) is 0 Å². The van der Waals surface area contributed by atoms with Crippen LogP contribution in [0.15, 0.2) is 12.1 Å². The number of benzene rings is 1. The van der Waals surface area contributed by atoms with Gasteiger partial charge in [0.1, 0.15) is 17.4 Å². The van der Waals surface area contributed by atoms with E-state index in [-0.39, 0.29) is 50.1 Å². The average Bonchev–Trinajstić information content (AvgIpc) is 3.07. The molecule has 2 fully saturated rings. The lowest BCUT2D eigenvalue weighted by Crippen LogP contribution is -2.48. The summed E-state index contributed by atoms with van der Waals surface area (Å²) in [6.07, 6.45) is -0.580. The van der Waals surface area contributed by atoms with Crippen LogP contribution in [-0.2, 0) is 23.4 Å². The van der Waals surface area contributed by atoms with Crippen LogP contribution in [0.2, 0.25) is 0 Å². The van der Waals surface area contributed by atoms with Crippen LogP contribution in [-0.4, -0.2) is 76.9 Å². The first-order valence-corrected chi connectivity index (χ1v) is 13.2. The number of amides is 2. The zero-order chi connectivity index (χ0) is 24.4. The Balaban J connectivity index is 1.73. The number of halogens is 2. The molecule has 3 rings (SSSR count). The summed E-state index contributed by atoms with van der Waals surface area (Å²) < 4.78 is 58.5. The van der Waals surface area contributed by atoms with Crippen LogP contribution < -0.4 is 15.1 Å². The van der Waals surface area contributed by atoms with E-state index in [4.69, 9.17) is 14.0 Å². The molecule has 1 N–H and O–H groups in total. The minimum atomic E-state index is -2.80. The molecule has 0 aromatic heterocycles. The van der Waals surface area contributed by atoms with Gasteiger partial charge in [-0.25, -0.2) is 13.6 Å². The van der Waals surface area contributed by atoms with Gasteiger partial charge >= 0.3 is 6.09 Å². The molecule has 0 spiro atoms. The van der Waals surface area contributed by atoms with E-state index < -0.39 is 36.8 Å². The molecule has 12 heteroatoms. The number of rotatable bonds is 8. The fourth-order valence-corrected chi connectivity index (χ4v) is 5.40. The van der Waals surface area contributed by atoms with Crippen molar-refractivity contribution in [3.63, 3.8) is 0 Å². The molecule has 2 aliphatic rings. The highest BCUT2D eigenvalue weighted by Gasteiger charge is 2.40. The Kier molecular flexibility index (Phi) is 7.65. The van der Waals surface area contributed by atoms with Crippen molar-refractivity contribution in [1.82, 2.24) is 5.32 Å². The summed E-state index contributed by atoms with van der Waals surface area (Å²) in [6.45, 7) is 5.36. The first kappa shape index (κ1) is 25.4. The molecule has 1 aromatic carbocycles. The van der Waals surface area contributed by atoms with Crippen molar-refractivity contribution in [2.45, 2.75) is 31.5 Å². The molecule has 2 amide bonds. The number of cyclic esters (lactones) is 1. The molecule has 0 radical (unpaired) electrons. The summed E-state index contributed by atoms with van der Waals surface area (Å²) >= 11 is 0. The summed E-state index contributed by atoms with van der Waals surface area (Å²) in [7, 11) is -1.28. The Morgan fingerprint density at radius 2 is 1.88 bits per heavy atom. The summed E-state index contributed by atoms with van der Waals surface area (Å²) in [5, 5.41) is 2.55. The summed E-state index contributed by atoms with van der Waals surface area (Å²) in [5.74, 6) is -1.88. The molecule has 2 aliphatic heterocycles. The largest absolute Gasteiger partial charge is 0.442 e. The second kappa shape index (κ2) is 9.95. The van der Waals surface area contributed by atoms with Crippen LogP contribution in [0.5, 0.6) is 0 Å². The van der Waals surface area contributed by atoms with E-state index in [1.165, 1.54) is 27.4 Å². The highest BCUT2D eigenvalue weighted by molar-refractivity contribution is 7.57. The molecule has 33 heavy (non-hydrogen) atoms. The number of piperidine rings is 1. The van der Waals surface area contributed by atoms with Gasteiger partial charge in [0.2, 0.25) is 5.91 Å². The SMILES string of the molecule is COCC1(OP(C)(C)=O)CCN(c2c(F)cc(N3C[C@H](CNC(C)=O)OC3=O)cc2F)CC1. The highest BCUT2D eigenvalue weighted by atomic mass is 31.2. The Morgan fingerprint density at radius 1 is 1.27 bits per heavy atom. The van der Waals surface area contributed by atoms with E-state index in [0.717, 1.165) is 17.0 Å².